The average molecular weight is 297 g/mol. The summed E-state index contributed by atoms with van der Waals surface area (Å²) in [7, 11) is 0. The van der Waals surface area contributed by atoms with Crippen LogP contribution in [0, 0.1) is 16.2 Å². The number of carboxylic acids is 1. The molecule has 0 saturated heterocycles. The van der Waals surface area contributed by atoms with Crippen molar-refractivity contribution in [2.24, 2.45) is 16.2 Å². The van der Waals surface area contributed by atoms with Crippen LogP contribution < -0.4 is 5.32 Å². The number of carbonyl (C=O) groups excluding carboxylic acids is 1. The van der Waals surface area contributed by atoms with Crippen LogP contribution in [0.15, 0.2) is 0 Å². The fraction of sp³-hybridized carbons (Fsp3) is 0.875. The van der Waals surface area contributed by atoms with E-state index in [4.69, 9.17) is 4.74 Å². The van der Waals surface area contributed by atoms with Gasteiger partial charge in [0, 0.05) is 6.04 Å². The van der Waals surface area contributed by atoms with Crippen molar-refractivity contribution in [2.75, 3.05) is 0 Å². The molecule has 2 saturated carbocycles. The molecule has 21 heavy (non-hydrogen) atoms. The zero-order valence-electron chi connectivity index (χ0n) is 13.9. The van der Waals surface area contributed by atoms with E-state index in [1.54, 1.807) is 0 Å². The molecular weight excluding hydrogens is 270 g/mol. The van der Waals surface area contributed by atoms with Crippen LogP contribution in [0.25, 0.3) is 0 Å². The molecule has 2 bridgehead atoms. The molecule has 0 aliphatic heterocycles. The lowest BCUT2D eigenvalue weighted by molar-refractivity contribution is -0.154. The van der Waals surface area contributed by atoms with Gasteiger partial charge in [-0.15, -0.1) is 0 Å². The van der Waals surface area contributed by atoms with Crippen molar-refractivity contribution in [2.45, 2.75) is 72.4 Å². The van der Waals surface area contributed by atoms with Gasteiger partial charge < -0.3 is 15.2 Å². The van der Waals surface area contributed by atoms with Crippen LogP contribution in [0.4, 0.5) is 4.79 Å². The summed E-state index contributed by atoms with van der Waals surface area (Å²) < 4.78 is 5.32. The first-order chi connectivity index (χ1) is 9.36. The second kappa shape index (κ2) is 4.37. The molecule has 2 fully saturated rings. The van der Waals surface area contributed by atoms with Crippen LogP contribution >= 0.6 is 0 Å². The normalized spacial score (nSPS) is 37.3. The van der Waals surface area contributed by atoms with Gasteiger partial charge in [0.05, 0.1) is 5.41 Å². The molecule has 2 aliphatic rings. The van der Waals surface area contributed by atoms with Crippen molar-refractivity contribution in [3.63, 3.8) is 0 Å². The van der Waals surface area contributed by atoms with Crippen LogP contribution in [-0.4, -0.2) is 28.8 Å². The molecule has 0 spiro atoms. The van der Waals surface area contributed by atoms with Gasteiger partial charge in [0.15, 0.2) is 0 Å². The van der Waals surface area contributed by atoms with Crippen molar-refractivity contribution in [3.05, 3.63) is 0 Å². The van der Waals surface area contributed by atoms with Crippen LogP contribution in [0.2, 0.25) is 0 Å². The Morgan fingerprint density at radius 1 is 1.19 bits per heavy atom. The largest absolute Gasteiger partial charge is 0.481 e. The van der Waals surface area contributed by atoms with Gasteiger partial charge >= 0.3 is 12.1 Å². The highest BCUT2D eigenvalue weighted by Crippen LogP contribution is 2.72. The Bertz CT molecular complexity index is 479. The molecule has 0 unspecified atom stereocenters. The van der Waals surface area contributed by atoms with Crippen LogP contribution in [0.1, 0.15) is 60.8 Å². The maximum atomic E-state index is 12.0. The highest BCUT2D eigenvalue weighted by atomic mass is 16.6. The molecule has 2 aliphatic carbocycles. The minimum absolute atomic E-state index is 0.160. The third-order valence-electron chi connectivity index (χ3n) is 6.12. The predicted molar refractivity (Wildman–Crippen MR) is 79.0 cm³/mol. The molecule has 5 heteroatoms. The first kappa shape index (κ1) is 16.1. The lowest BCUT2D eigenvalue weighted by Gasteiger charge is -2.40. The minimum Gasteiger partial charge on any atom is -0.481 e. The second-order valence-corrected chi connectivity index (χ2v) is 8.33. The summed E-state index contributed by atoms with van der Waals surface area (Å²) >= 11 is 0. The maximum absolute atomic E-state index is 12.0. The van der Waals surface area contributed by atoms with Crippen LogP contribution in [0.5, 0.6) is 0 Å². The number of carboxylic acid groups (broad SMARTS) is 1. The van der Waals surface area contributed by atoms with E-state index in [-0.39, 0.29) is 16.9 Å². The van der Waals surface area contributed by atoms with Crippen LogP contribution in [-0.2, 0) is 9.53 Å². The van der Waals surface area contributed by atoms with E-state index in [9.17, 15) is 14.7 Å². The van der Waals surface area contributed by atoms with Gasteiger partial charge in [-0.2, -0.15) is 0 Å². The van der Waals surface area contributed by atoms with Gasteiger partial charge in [-0.25, -0.2) is 4.79 Å². The number of nitrogens with one attached hydrogen (secondary N) is 1. The van der Waals surface area contributed by atoms with Gasteiger partial charge in [-0.3, -0.25) is 4.79 Å². The van der Waals surface area contributed by atoms with E-state index in [0.29, 0.717) is 12.8 Å². The number of alkyl carbamates (subject to hydrolysis) is 1. The van der Waals surface area contributed by atoms with E-state index in [0.717, 1.165) is 6.42 Å². The molecule has 5 nitrogen and oxygen atoms in total. The molecule has 2 N–H and O–H groups in total. The highest BCUT2D eigenvalue weighted by molar-refractivity contribution is 5.78. The van der Waals surface area contributed by atoms with E-state index >= 15 is 0 Å². The summed E-state index contributed by atoms with van der Waals surface area (Å²) in [5, 5.41) is 12.7. The number of hydrogen-bond acceptors (Lipinski definition) is 3. The molecule has 0 aromatic heterocycles. The molecular formula is C16H27NO4. The van der Waals surface area contributed by atoms with Crippen molar-refractivity contribution >= 4 is 12.1 Å². The summed E-state index contributed by atoms with van der Waals surface area (Å²) in [6, 6.07) is -0.160. The quantitative estimate of drug-likeness (QED) is 0.820. The number of ether oxygens (including phenoxy) is 1. The summed E-state index contributed by atoms with van der Waals surface area (Å²) in [5.74, 6) is -0.746. The van der Waals surface area contributed by atoms with Gasteiger partial charge in [0.25, 0.3) is 0 Å². The highest BCUT2D eigenvalue weighted by Gasteiger charge is 2.72. The fourth-order valence-electron chi connectivity index (χ4n) is 4.31. The number of amides is 1. The Morgan fingerprint density at radius 3 is 2.19 bits per heavy atom. The first-order valence-corrected chi connectivity index (χ1v) is 7.59. The number of carbonyl (C=O) groups is 2. The molecule has 1 amide bonds. The Kier molecular flexibility index (Phi) is 3.35. The Hall–Kier alpha value is -1.26. The lowest BCUT2D eigenvalue weighted by atomic mass is 9.65. The van der Waals surface area contributed by atoms with Crippen molar-refractivity contribution in [1.82, 2.24) is 5.32 Å². The zero-order chi connectivity index (χ0) is 16.3. The zero-order valence-corrected chi connectivity index (χ0v) is 13.9. The Balaban J connectivity index is 2.22. The topological polar surface area (TPSA) is 75.6 Å². The van der Waals surface area contributed by atoms with Gasteiger partial charge in [-0.1, -0.05) is 20.8 Å². The lowest BCUT2D eigenvalue weighted by Crippen LogP contribution is -2.48. The SMILES string of the molecule is CC(C)(C)OC(=O)N[C@H]1C[C@@]2(C(=O)O)CC[C@]1(C)C2(C)C. The maximum Gasteiger partial charge on any atom is 0.407 e. The average Bonchev–Trinajstić information content (AvgIpc) is 2.56. The molecule has 120 valence electrons. The molecule has 0 heterocycles. The summed E-state index contributed by atoms with van der Waals surface area (Å²) in [6.07, 6.45) is 1.51. The Morgan fingerprint density at radius 2 is 1.76 bits per heavy atom. The first-order valence-electron chi connectivity index (χ1n) is 7.59. The number of fused-ring (bicyclic) bond motifs is 2. The Labute approximate surface area is 126 Å². The molecule has 2 rings (SSSR count). The van der Waals surface area contributed by atoms with E-state index < -0.39 is 23.1 Å². The van der Waals surface area contributed by atoms with Gasteiger partial charge in [0.2, 0.25) is 0 Å². The summed E-state index contributed by atoms with van der Waals surface area (Å²) in [4.78, 5) is 23.9. The van der Waals surface area contributed by atoms with Gasteiger partial charge in [-0.05, 0) is 50.9 Å². The molecule has 0 aromatic carbocycles. The van der Waals surface area contributed by atoms with Crippen LogP contribution in [0.3, 0.4) is 0 Å². The number of aliphatic carboxylic acids is 1. The standard InChI is InChI=1S/C16H27NO4/c1-13(2,3)21-12(20)17-10-9-16(11(18)19)8-7-15(10,6)14(16,4)5/h10H,7-9H2,1-6H3,(H,17,20)(H,18,19)/t10-,15-,16+/m0/s1. The third-order valence-corrected chi connectivity index (χ3v) is 6.12. The predicted octanol–water partition coefficient (Wildman–Crippen LogP) is 3.18. The fourth-order valence-corrected chi connectivity index (χ4v) is 4.31. The van der Waals surface area contributed by atoms with E-state index in [1.807, 2.05) is 34.6 Å². The van der Waals surface area contributed by atoms with Crippen molar-refractivity contribution in [3.8, 4) is 0 Å². The number of hydrogen-bond donors (Lipinski definition) is 2. The van der Waals surface area contributed by atoms with Crippen molar-refractivity contribution < 1.29 is 19.4 Å². The van der Waals surface area contributed by atoms with Gasteiger partial charge in [0.1, 0.15) is 5.60 Å². The monoisotopic (exact) mass is 297 g/mol. The molecule has 3 atom stereocenters. The van der Waals surface area contributed by atoms with E-state index in [1.165, 1.54) is 0 Å². The van der Waals surface area contributed by atoms with E-state index in [2.05, 4.69) is 12.2 Å². The smallest absolute Gasteiger partial charge is 0.407 e. The van der Waals surface area contributed by atoms with Crippen molar-refractivity contribution in [1.29, 1.82) is 0 Å². The summed E-state index contributed by atoms with van der Waals surface area (Å²) in [5.41, 5.74) is -1.88. The summed E-state index contributed by atoms with van der Waals surface area (Å²) in [6.45, 7) is 11.6. The third kappa shape index (κ3) is 2.12. The molecule has 0 radical (unpaired) electrons. The minimum atomic E-state index is -0.749. The second-order valence-electron chi connectivity index (χ2n) is 8.33. The molecule has 0 aromatic rings. The number of rotatable bonds is 2.